The van der Waals surface area contributed by atoms with E-state index in [0.29, 0.717) is 37.0 Å². The SMILES string of the molecule is Cc1cccc(CC(=O)N2CC(Oc3ccccc3-c3noc(C)n3)C2)c1. The van der Waals surface area contributed by atoms with Crippen LogP contribution in [-0.2, 0) is 11.2 Å². The fourth-order valence-electron chi connectivity index (χ4n) is 3.17. The highest BCUT2D eigenvalue weighted by molar-refractivity contribution is 5.79. The average molecular weight is 363 g/mol. The number of amides is 1. The summed E-state index contributed by atoms with van der Waals surface area (Å²) in [5.74, 6) is 1.85. The van der Waals surface area contributed by atoms with Crippen LogP contribution in [0.2, 0.25) is 0 Å². The molecule has 0 aliphatic carbocycles. The lowest BCUT2D eigenvalue weighted by atomic mass is 10.1. The van der Waals surface area contributed by atoms with E-state index in [1.807, 2.05) is 54.3 Å². The quantitative estimate of drug-likeness (QED) is 0.696. The highest BCUT2D eigenvalue weighted by Crippen LogP contribution is 2.30. The van der Waals surface area contributed by atoms with Crippen molar-refractivity contribution in [3.8, 4) is 17.1 Å². The first kappa shape index (κ1) is 17.3. The van der Waals surface area contributed by atoms with Crippen molar-refractivity contribution in [3.63, 3.8) is 0 Å². The van der Waals surface area contributed by atoms with Gasteiger partial charge in [0.15, 0.2) is 0 Å². The predicted molar refractivity (Wildman–Crippen MR) is 100 cm³/mol. The van der Waals surface area contributed by atoms with Crippen molar-refractivity contribution < 1.29 is 14.1 Å². The third kappa shape index (κ3) is 3.84. The van der Waals surface area contributed by atoms with Crippen LogP contribution >= 0.6 is 0 Å². The van der Waals surface area contributed by atoms with Gasteiger partial charge in [0.25, 0.3) is 0 Å². The molecule has 1 aromatic heterocycles. The molecule has 1 aliphatic heterocycles. The number of hydrogen-bond acceptors (Lipinski definition) is 5. The zero-order valence-electron chi connectivity index (χ0n) is 15.4. The maximum absolute atomic E-state index is 12.4. The van der Waals surface area contributed by atoms with Crippen molar-refractivity contribution in [2.75, 3.05) is 13.1 Å². The Hall–Kier alpha value is -3.15. The van der Waals surface area contributed by atoms with Gasteiger partial charge >= 0.3 is 0 Å². The Morgan fingerprint density at radius 1 is 1.19 bits per heavy atom. The number of likely N-dealkylation sites (tertiary alicyclic amines) is 1. The van der Waals surface area contributed by atoms with Crippen molar-refractivity contribution in [3.05, 3.63) is 65.5 Å². The molecule has 1 fully saturated rings. The number of ether oxygens (including phenoxy) is 1. The summed E-state index contributed by atoms with van der Waals surface area (Å²) in [6.45, 7) is 4.96. The molecule has 1 amide bonds. The van der Waals surface area contributed by atoms with E-state index >= 15 is 0 Å². The van der Waals surface area contributed by atoms with Crippen LogP contribution in [0.1, 0.15) is 17.0 Å². The third-order valence-electron chi connectivity index (χ3n) is 4.59. The number of nitrogens with zero attached hydrogens (tertiary/aromatic N) is 3. The van der Waals surface area contributed by atoms with Gasteiger partial charge in [0, 0.05) is 6.92 Å². The number of carbonyl (C=O) groups is 1. The standard InChI is InChI=1S/C21H21N3O3/c1-14-6-5-7-16(10-14)11-20(25)24-12-17(13-24)26-19-9-4-3-8-18(19)21-22-15(2)27-23-21/h3-10,17H,11-13H2,1-2H3. The molecule has 1 aliphatic rings. The number of aryl methyl sites for hydroxylation is 2. The summed E-state index contributed by atoms with van der Waals surface area (Å²) in [6, 6.07) is 15.7. The Kier molecular flexibility index (Phi) is 4.62. The number of aromatic nitrogens is 2. The van der Waals surface area contributed by atoms with Crippen LogP contribution < -0.4 is 4.74 Å². The van der Waals surface area contributed by atoms with Gasteiger partial charge in [0.05, 0.1) is 25.1 Å². The third-order valence-corrected chi connectivity index (χ3v) is 4.59. The monoisotopic (exact) mass is 363 g/mol. The van der Waals surface area contributed by atoms with Crippen LogP contribution in [0.15, 0.2) is 53.1 Å². The molecule has 2 heterocycles. The minimum atomic E-state index is -0.0272. The molecule has 1 saturated heterocycles. The van der Waals surface area contributed by atoms with Gasteiger partial charge < -0.3 is 14.2 Å². The first-order chi connectivity index (χ1) is 13.1. The normalized spacial score (nSPS) is 14.1. The molecule has 0 atom stereocenters. The van der Waals surface area contributed by atoms with Crippen LogP contribution in [0.5, 0.6) is 5.75 Å². The molecule has 0 spiro atoms. The number of hydrogen-bond donors (Lipinski definition) is 0. The first-order valence-electron chi connectivity index (χ1n) is 8.98. The van der Waals surface area contributed by atoms with Gasteiger partial charge in [-0.25, -0.2) is 0 Å². The number of para-hydroxylation sites is 1. The predicted octanol–water partition coefficient (Wildman–Crippen LogP) is 3.19. The molecule has 6 nitrogen and oxygen atoms in total. The highest BCUT2D eigenvalue weighted by atomic mass is 16.5. The summed E-state index contributed by atoms with van der Waals surface area (Å²) in [4.78, 5) is 18.5. The van der Waals surface area contributed by atoms with Gasteiger partial charge in [-0.2, -0.15) is 4.98 Å². The van der Waals surface area contributed by atoms with E-state index in [1.165, 1.54) is 5.56 Å². The average Bonchev–Trinajstić information content (AvgIpc) is 3.04. The molecule has 0 saturated carbocycles. The number of benzene rings is 2. The van der Waals surface area contributed by atoms with E-state index < -0.39 is 0 Å². The maximum atomic E-state index is 12.4. The van der Waals surface area contributed by atoms with Crippen molar-refractivity contribution in [2.45, 2.75) is 26.4 Å². The maximum Gasteiger partial charge on any atom is 0.227 e. The van der Waals surface area contributed by atoms with Gasteiger partial charge in [-0.1, -0.05) is 47.1 Å². The van der Waals surface area contributed by atoms with Crippen LogP contribution in [0.4, 0.5) is 0 Å². The fourth-order valence-corrected chi connectivity index (χ4v) is 3.17. The zero-order valence-corrected chi connectivity index (χ0v) is 15.4. The molecular formula is C21H21N3O3. The second-order valence-corrected chi connectivity index (χ2v) is 6.84. The Labute approximate surface area is 157 Å². The summed E-state index contributed by atoms with van der Waals surface area (Å²) in [7, 11) is 0. The largest absolute Gasteiger partial charge is 0.486 e. The molecule has 6 heteroatoms. The molecule has 2 aromatic carbocycles. The molecule has 138 valence electrons. The van der Waals surface area contributed by atoms with Gasteiger partial charge in [0.2, 0.25) is 17.6 Å². The summed E-state index contributed by atoms with van der Waals surface area (Å²) >= 11 is 0. The summed E-state index contributed by atoms with van der Waals surface area (Å²) in [5.41, 5.74) is 3.00. The first-order valence-corrected chi connectivity index (χ1v) is 8.98. The Morgan fingerprint density at radius 2 is 2.00 bits per heavy atom. The topological polar surface area (TPSA) is 68.5 Å². The van der Waals surface area contributed by atoms with Crippen molar-refractivity contribution in [1.29, 1.82) is 0 Å². The molecule has 27 heavy (non-hydrogen) atoms. The lowest BCUT2D eigenvalue weighted by Crippen LogP contribution is -2.56. The van der Waals surface area contributed by atoms with Gasteiger partial charge in [-0.3, -0.25) is 4.79 Å². The number of carbonyl (C=O) groups excluding carboxylic acids is 1. The Morgan fingerprint density at radius 3 is 2.74 bits per heavy atom. The summed E-state index contributed by atoms with van der Waals surface area (Å²) in [5, 5.41) is 3.96. The number of rotatable bonds is 5. The Bertz CT molecular complexity index is 961. The second-order valence-electron chi connectivity index (χ2n) is 6.84. The van der Waals surface area contributed by atoms with E-state index in [1.54, 1.807) is 6.92 Å². The lowest BCUT2D eigenvalue weighted by Gasteiger charge is -2.39. The Balaban J connectivity index is 1.36. The molecular weight excluding hydrogens is 342 g/mol. The van der Waals surface area contributed by atoms with E-state index in [9.17, 15) is 4.79 Å². The second kappa shape index (κ2) is 7.23. The van der Waals surface area contributed by atoms with E-state index in [4.69, 9.17) is 9.26 Å². The fraction of sp³-hybridized carbons (Fsp3) is 0.286. The van der Waals surface area contributed by atoms with E-state index in [-0.39, 0.29) is 12.0 Å². The van der Waals surface area contributed by atoms with Gasteiger partial charge in [-0.15, -0.1) is 0 Å². The van der Waals surface area contributed by atoms with Crippen LogP contribution in [0.25, 0.3) is 11.4 Å². The zero-order chi connectivity index (χ0) is 18.8. The minimum absolute atomic E-state index is 0.0272. The molecule has 0 unspecified atom stereocenters. The smallest absolute Gasteiger partial charge is 0.227 e. The van der Waals surface area contributed by atoms with Crippen molar-refractivity contribution in [2.24, 2.45) is 0 Å². The van der Waals surface area contributed by atoms with Crippen LogP contribution in [0.3, 0.4) is 0 Å². The minimum Gasteiger partial charge on any atom is -0.486 e. The highest BCUT2D eigenvalue weighted by Gasteiger charge is 2.32. The molecule has 3 aromatic rings. The van der Waals surface area contributed by atoms with Crippen molar-refractivity contribution >= 4 is 5.91 Å². The van der Waals surface area contributed by atoms with E-state index in [2.05, 4.69) is 16.2 Å². The summed E-state index contributed by atoms with van der Waals surface area (Å²) < 4.78 is 11.1. The molecule has 4 rings (SSSR count). The van der Waals surface area contributed by atoms with Gasteiger partial charge in [0.1, 0.15) is 11.9 Å². The molecule has 0 bridgehead atoms. The van der Waals surface area contributed by atoms with Crippen molar-refractivity contribution in [1.82, 2.24) is 15.0 Å². The van der Waals surface area contributed by atoms with Crippen LogP contribution in [-0.4, -0.2) is 40.1 Å². The molecule has 0 N–H and O–H groups in total. The summed E-state index contributed by atoms with van der Waals surface area (Å²) in [6.07, 6.45) is 0.397. The lowest BCUT2D eigenvalue weighted by molar-refractivity contribution is -0.139. The van der Waals surface area contributed by atoms with Gasteiger partial charge in [-0.05, 0) is 24.6 Å². The molecule has 0 radical (unpaired) electrons. The van der Waals surface area contributed by atoms with E-state index in [0.717, 1.165) is 11.1 Å². The van der Waals surface area contributed by atoms with Crippen LogP contribution in [0, 0.1) is 13.8 Å².